The number of para-hydroxylation sites is 3. The highest BCUT2D eigenvalue weighted by atomic mass is 35.5. The third-order valence-electron chi connectivity index (χ3n) is 6.39. The van der Waals surface area contributed by atoms with E-state index in [0.717, 1.165) is 28.0 Å². The van der Waals surface area contributed by atoms with Crippen LogP contribution in [-0.4, -0.2) is 39.7 Å². The Morgan fingerprint density at radius 2 is 1.66 bits per heavy atom. The molecule has 0 aliphatic carbocycles. The van der Waals surface area contributed by atoms with Crippen molar-refractivity contribution < 1.29 is 13.2 Å². The normalized spacial score (nSPS) is 11.8. The Bertz CT molecular complexity index is 1800. The average molecular weight is 591 g/mol. The number of aromatic nitrogens is 4. The van der Waals surface area contributed by atoms with E-state index in [4.69, 9.17) is 21.3 Å². The highest BCUT2D eigenvalue weighted by Gasteiger charge is 2.23. The van der Waals surface area contributed by atoms with Gasteiger partial charge in [0, 0.05) is 5.56 Å². The minimum atomic E-state index is -3.55. The number of aryl methyl sites for hydroxylation is 1. The second-order valence-electron chi connectivity index (χ2n) is 10.2. The fraction of sp³-hybridized carbons (Fsp3) is 0.233. The molecule has 0 saturated carbocycles. The SMILES string of the molecule is Cc1cc(Nc2ncc(Cl)c(Nc3ccccc3S(=O)(=O)C(C)C)n2)c(OC(C)C)cc1-c1nc2ccccc2[nH]1. The Morgan fingerprint density at radius 1 is 0.927 bits per heavy atom. The highest BCUT2D eigenvalue weighted by molar-refractivity contribution is 7.92. The van der Waals surface area contributed by atoms with E-state index in [9.17, 15) is 8.42 Å². The zero-order valence-electron chi connectivity index (χ0n) is 23.4. The van der Waals surface area contributed by atoms with Gasteiger partial charge < -0.3 is 20.4 Å². The Kier molecular flexibility index (Phi) is 7.88. The number of sulfone groups is 1. The third kappa shape index (κ3) is 5.98. The van der Waals surface area contributed by atoms with E-state index in [2.05, 4.69) is 25.6 Å². The Labute approximate surface area is 244 Å². The lowest BCUT2D eigenvalue weighted by molar-refractivity contribution is 0.244. The molecule has 0 unspecified atom stereocenters. The molecular weight excluding hydrogens is 560 g/mol. The summed E-state index contributed by atoms with van der Waals surface area (Å²) < 4.78 is 32.0. The molecular formula is C30H31ClN6O3S. The van der Waals surface area contributed by atoms with Crippen LogP contribution >= 0.6 is 11.6 Å². The number of imidazole rings is 1. The van der Waals surface area contributed by atoms with E-state index in [1.54, 1.807) is 38.1 Å². The standard InChI is InChI=1S/C30H31ClN6O3S/c1-17(2)40-26-15-20(28-33-22-10-6-7-11-23(22)34-28)19(5)14-25(26)36-30-32-16-21(31)29(37-30)35-24-12-8-9-13-27(24)41(38,39)18(3)4/h6-18H,1-5H3,(H,33,34)(H2,32,35,36,37). The quantitative estimate of drug-likeness (QED) is 0.162. The van der Waals surface area contributed by atoms with Crippen molar-refractivity contribution in [3.05, 3.63) is 77.4 Å². The summed E-state index contributed by atoms with van der Waals surface area (Å²) in [6.45, 7) is 9.19. The molecule has 0 radical (unpaired) electrons. The predicted molar refractivity (Wildman–Crippen MR) is 164 cm³/mol. The van der Waals surface area contributed by atoms with Crippen LogP contribution in [0.25, 0.3) is 22.4 Å². The van der Waals surface area contributed by atoms with Gasteiger partial charge in [0.05, 0.1) is 44.9 Å². The number of nitrogens with one attached hydrogen (secondary N) is 3. The van der Waals surface area contributed by atoms with Crippen molar-refractivity contribution in [2.75, 3.05) is 10.6 Å². The molecule has 0 aliphatic rings. The minimum absolute atomic E-state index is 0.0930. The van der Waals surface area contributed by atoms with Gasteiger partial charge in [0.25, 0.3) is 0 Å². The monoisotopic (exact) mass is 590 g/mol. The number of aromatic amines is 1. The van der Waals surface area contributed by atoms with Crippen LogP contribution in [0.4, 0.5) is 23.1 Å². The van der Waals surface area contributed by atoms with Gasteiger partial charge in [-0.1, -0.05) is 35.9 Å². The molecule has 2 aromatic heterocycles. The van der Waals surface area contributed by atoms with Gasteiger partial charge in [0.15, 0.2) is 15.7 Å². The molecule has 0 atom stereocenters. The van der Waals surface area contributed by atoms with Crippen LogP contribution in [-0.2, 0) is 9.84 Å². The van der Waals surface area contributed by atoms with Gasteiger partial charge in [-0.2, -0.15) is 4.98 Å². The van der Waals surface area contributed by atoms with Gasteiger partial charge in [0.1, 0.15) is 16.6 Å². The molecule has 5 aromatic rings. The van der Waals surface area contributed by atoms with Crippen LogP contribution in [0, 0.1) is 6.92 Å². The molecule has 0 spiro atoms. The zero-order valence-corrected chi connectivity index (χ0v) is 24.9. The summed E-state index contributed by atoms with van der Waals surface area (Å²) in [7, 11) is -3.55. The second kappa shape index (κ2) is 11.4. The molecule has 0 fully saturated rings. The van der Waals surface area contributed by atoms with Crippen molar-refractivity contribution in [1.82, 2.24) is 19.9 Å². The zero-order chi connectivity index (χ0) is 29.3. The summed E-state index contributed by atoms with van der Waals surface area (Å²) in [5, 5.41) is 5.98. The molecule has 0 aliphatic heterocycles. The van der Waals surface area contributed by atoms with E-state index in [1.165, 1.54) is 6.20 Å². The van der Waals surface area contributed by atoms with E-state index in [0.29, 0.717) is 17.1 Å². The maximum absolute atomic E-state index is 12.9. The smallest absolute Gasteiger partial charge is 0.229 e. The molecule has 0 bridgehead atoms. The molecule has 41 heavy (non-hydrogen) atoms. The summed E-state index contributed by atoms with van der Waals surface area (Å²) in [5.74, 6) is 1.86. The van der Waals surface area contributed by atoms with Gasteiger partial charge in [-0.15, -0.1) is 0 Å². The summed E-state index contributed by atoms with van der Waals surface area (Å²) in [6, 6.07) is 18.4. The Morgan fingerprint density at radius 3 is 2.39 bits per heavy atom. The first-order valence-electron chi connectivity index (χ1n) is 13.2. The fourth-order valence-corrected chi connectivity index (χ4v) is 5.65. The van der Waals surface area contributed by atoms with E-state index in [-0.39, 0.29) is 27.8 Å². The van der Waals surface area contributed by atoms with Crippen molar-refractivity contribution in [1.29, 1.82) is 0 Å². The molecule has 0 saturated heterocycles. The summed E-state index contributed by atoms with van der Waals surface area (Å²) >= 11 is 6.43. The van der Waals surface area contributed by atoms with Crippen molar-refractivity contribution in [2.45, 2.75) is 50.9 Å². The van der Waals surface area contributed by atoms with Crippen molar-refractivity contribution in [3.63, 3.8) is 0 Å². The molecule has 5 rings (SSSR count). The number of halogens is 1. The van der Waals surface area contributed by atoms with Gasteiger partial charge in [-0.05, 0) is 76.6 Å². The summed E-state index contributed by atoms with van der Waals surface area (Å²) in [6.07, 6.45) is 1.36. The number of benzene rings is 3. The number of hydrogen-bond donors (Lipinski definition) is 3. The maximum Gasteiger partial charge on any atom is 0.229 e. The minimum Gasteiger partial charge on any atom is -0.489 e. The predicted octanol–water partition coefficient (Wildman–Crippen LogP) is 7.44. The number of hydrogen-bond acceptors (Lipinski definition) is 8. The average Bonchev–Trinajstić information content (AvgIpc) is 3.36. The van der Waals surface area contributed by atoms with E-state index < -0.39 is 15.1 Å². The third-order valence-corrected chi connectivity index (χ3v) is 8.88. The lowest BCUT2D eigenvalue weighted by Crippen LogP contribution is -2.15. The number of H-pyrrole nitrogens is 1. The summed E-state index contributed by atoms with van der Waals surface area (Å²) in [5.41, 5.74) is 4.74. The molecule has 2 heterocycles. The van der Waals surface area contributed by atoms with Crippen molar-refractivity contribution in [2.24, 2.45) is 0 Å². The first-order valence-corrected chi connectivity index (χ1v) is 15.1. The topological polar surface area (TPSA) is 122 Å². The van der Waals surface area contributed by atoms with Gasteiger partial charge in [-0.25, -0.2) is 18.4 Å². The number of rotatable bonds is 9. The lowest BCUT2D eigenvalue weighted by atomic mass is 10.1. The molecule has 9 nitrogen and oxygen atoms in total. The van der Waals surface area contributed by atoms with Gasteiger partial charge in [0.2, 0.25) is 5.95 Å². The molecule has 0 amide bonds. The van der Waals surface area contributed by atoms with Crippen LogP contribution in [0.2, 0.25) is 5.02 Å². The first-order chi connectivity index (χ1) is 19.5. The van der Waals surface area contributed by atoms with Crippen LogP contribution in [0.3, 0.4) is 0 Å². The van der Waals surface area contributed by atoms with Gasteiger partial charge in [-0.3, -0.25) is 0 Å². The van der Waals surface area contributed by atoms with Crippen LogP contribution in [0.15, 0.2) is 71.8 Å². The molecule has 3 N–H and O–H groups in total. The Hall–Kier alpha value is -4.15. The Balaban J connectivity index is 1.50. The van der Waals surface area contributed by atoms with Gasteiger partial charge >= 0.3 is 0 Å². The van der Waals surface area contributed by atoms with E-state index in [1.807, 2.05) is 57.2 Å². The largest absolute Gasteiger partial charge is 0.489 e. The van der Waals surface area contributed by atoms with E-state index >= 15 is 0 Å². The number of nitrogens with zero attached hydrogens (tertiary/aromatic N) is 3. The number of ether oxygens (including phenoxy) is 1. The number of fused-ring (bicyclic) bond motifs is 1. The second-order valence-corrected chi connectivity index (χ2v) is 13.0. The maximum atomic E-state index is 12.9. The molecule has 3 aromatic carbocycles. The van der Waals surface area contributed by atoms with Crippen LogP contribution in [0.1, 0.15) is 33.3 Å². The van der Waals surface area contributed by atoms with Crippen molar-refractivity contribution >= 4 is 55.6 Å². The summed E-state index contributed by atoms with van der Waals surface area (Å²) in [4.78, 5) is 17.2. The van der Waals surface area contributed by atoms with Crippen LogP contribution in [0.5, 0.6) is 5.75 Å². The number of anilines is 4. The fourth-order valence-electron chi connectivity index (χ4n) is 4.31. The van der Waals surface area contributed by atoms with Crippen molar-refractivity contribution in [3.8, 4) is 17.1 Å². The lowest BCUT2D eigenvalue weighted by Gasteiger charge is -2.18. The first kappa shape index (κ1) is 28.4. The molecule has 11 heteroatoms. The highest BCUT2D eigenvalue weighted by Crippen LogP contribution is 2.36. The van der Waals surface area contributed by atoms with Crippen LogP contribution < -0.4 is 15.4 Å². The molecule has 212 valence electrons.